The molecule has 4 aromatic heterocycles. The number of halogens is 12. The highest BCUT2D eigenvalue weighted by molar-refractivity contribution is 6.14. The van der Waals surface area contributed by atoms with E-state index >= 15 is 26.3 Å². The summed E-state index contributed by atoms with van der Waals surface area (Å²) in [4.78, 5) is 10.7. The van der Waals surface area contributed by atoms with Crippen LogP contribution in [-0.2, 0) is 24.7 Å². The Morgan fingerprint density at radius 3 is 0.903 bits per heavy atom. The molecule has 0 spiro atoms. The molecule has 0 bridgehead atoms. The van der Waals surface area contributed by atoms with E-state index in [1.54, 1.807) is 0 Å². The van der Waals surface area contributed by atoms with Crippen molar-refractivity contribution in [3.63, 3.8) is 0 Å². The second kappa shape index (κ2) is 24.1. The molecule has 0 fully saturated rings. The summed E-state index contributed by atoms with van der Waals surface area (Å²) in [6.45, 7) is 0. The van der Waals surface area contributed by atoms with Crippen LogP contribution < -0.4 is 0 Å². The lowest BCUT2D eigenvalue weighted by atomic mass is 9.92. The van der Waals surface area contributed by atoms with Crippen molar-refractivity contribution in [3.8, 4) is 95.5 Å². The summed E-state index contributed by atoms with van der Waals surface area (Å²) in [6.07, 6.45) is -21.0. The van der Waals surface area contributed by atoms with Crippen LogP contribution in [0.15, 0.2) is 297 Å². The van der Waals surface area contributed by atoms with E-state index in [2.05, 4.69) is 33.4 Å². The lowest BCUT2D eigenvalue weighted by Gasteiger charge is -2.22. The molecule has 0 atom stereocenters. The molecule has 4 heterocycles. The molecule has 0 N–H and O–H groups in total. The van der Waals surface area contributed by atoms with Crippen LogP contribution in [-0.4, -0.2) is 23.7 Å². The maximum atomic E-state index is 15.3. The van der Waals surface area contributed by atoms with Crippen LogP contribution in [0.2, 0.25) is 0 Å². The molecule has 502 valence electrons. The monoisotopic (exact) mass is 1380 g/mol. The van der Waals surface area contributed by atoms with Crippen molar-refractivity contribution in [1.82, 2.24) is 23.7 Å². The van der Waals surface area contributed by atoms with E-state index in [1.165, 1.54) is 36.4 Å². The third-order valence-electron chi connectivity index (χ3n) is 19.2. The first-order valence-electron chi connectivity index (χ1n) is 32.6. The Morgan fingerprint density at radius 1 is 0.223 bits per heavy atom. The maximum Gasteiger partial charge on any atom is 0.417 e. The van der Waals surface area contributed by atoms with Crippen molar-refractivity contribution in [3.05, 3.63) is 320 Å². The molecule has 0 unspecified atom stereocenters. The minimum atomic E-state index is -5.32. The van der Waals surface area contributed by atoms with Crippen LogP contribution in [0.4, 0.5) is 52.7 Å². The average Bonchev–Trinajstić information content (AvgIpc) is 1.61. The van der Waals surface area contributed by atoms with Crippen LogP contribution in [0.5, 0.6) is 0 Å². The van der Waals surface area contributed by atoms with Gasteiger partial charge in [-0.05, 0) is 149 Å². The highest BCUT2D eigenvalue weighted by Crippen LogP contribution is 2.50. The molecule has 13 aromatic carbocycles. The summed E-state index contributed by atoms with van der Waals surface area (Å²) < 4.78 is 184. The lowest BCUT2D eigenvalue weighted by Crippen LogP contribution is -2.12. The Kier molecular flexibility index (Phi) is 15.0. The number of fused-ring (bicyclic) bond motifs is 9. The molecular weight excluding hydrogens is 1330 g/mol. The van der Waals surface area contributed by atoms with E-state index in [4.69, 9.17) is 9.97 Å². The van der Waals surface area contributed by atoms with Crippen LogP contribution in [0.25, 0.3) is 161 Å². The van der Waals surface area contributed by atoms with Crippen LogP contribution in [0, 0.1) is 0 Å². The number of nitrogens with zero attached hydrogens (tertiary/aromatic N) is 5. The van der Waals surface area contributed by atoms with E-state index in [0.717, 1.165) is 78.2 Å². The third-order valence-corrected chi connectivity index (χ3v) is 19.2. The zero-order chi connectivity index (χ0) is 70.8. The summed E-state index contributed by atoms with van der Waals surface area (Å²) in [5, 5.41) is 4.35. The standard InChI is InChI=1S/C86H49F12N5/c87-83(88,89)57-33-39-61(71(47-57)85(93,94)95)54-31-41-79-69(43-54)70-44-55(62-40-34-58(84(90,91)92)48-72(62)86(96,97)98)32-42-80(70)103(79)81-67(50-27-35-59(36-28-50)101-75-23-11-7-19-63(75)64-20-8-12-24-76(64)101)45-56(82-99-73(52-15-3-1-4-16-52)49-74(100-82)53-17-5-2-6-18-53)46-68(81)51-29-37-60(38-30-51)102-77-25-13-9-21-65(77)66-22-10-14-26-78(66)102/h1-49H. The third kappa shape index (κ3) is 11.2. The summed E-state index contributed by atoms with van der Waals surface area (Å²) in [5.41, 5.74) is 3.97. The zero-order valence-corrected chi connectivity index (χ0v) is 53.6. The van der Waals surface area contributed by atoms with E-state index in [1.807, 2.05) is 205 Å². The first-order chi connectivity index (χ1) is 49.6. The van der Waals surface area contributed by atoms with Gasteiger partial charge in [0, 0.05) is 71.5 Å². The Labute approximate surface area is 578 Å². The van der Waals surface area contributed by atoms with Crippen molar-refractivity contribution in [1.29, 1.82) is 0 Å². The maximum absolute atomic E-state index is 15.3. The van der Waals surface area contributed by atoms with Crippen LogP contribution >= 0.6 is 0 Å². The molecule has 0 amide bonds. The molecule has 0 aliphatic heterocycles. The van der Waals surface area contributed by atoms with Crippen molar-refractivity contribution >= 4 is 65.4 Å². The topological polar surface area (TPSA) is 40.6 Å². The summed E-state index contributed by atoms with van der Waals surface area (Å²) in [5.74, 6) is 0.309. The molecule has 17 rings (SSSR count). The Morgan fingerprint density at radius 2 is 0.553 bits per heavy atom. The van der Waals surface area contributed by atoms with E-state index in [0.29, 0.717) is 62.8 Å². The first kappa shape index (κ1) is 63.9. The number of alkyl halides is 12. The van der Waals surface area contributed by atoms with E-state index in [-0.39, 0.29) is 45.1 Å². The minimum Gasteiger partial charge on any atom is -0.309 e. The largest absolute Gasteiger partial charge is 0.417 e. The SMILES string of the molecule is FC(F)(F)c1ccc(-c2ccc3c(c2)c2cc(-c4ccc(C(F)(F)F)cc4C(F)(F)F)ccc2n3-c2c(-c3ccc(-n4c5ccccc5c5ccccc54)cc3)cc(-c3nc(-c4ccccc4)cc(-c4ccccc4)n3)cc2-c2ccc(-n3c4ccccc4c4ccccc43)cc2)c(C(F)(F)F)c1. The van der Waals surface area contributed by atoms with Gasteiger partial charge in [-0.15, -0.1) is 0 Å². The molecule has 0 saturated heterocycles. The lowest BCUT2D eigenvalue weighted by molar-refractivity contribution is -0.144. The van der Waals surface area contributed by atoms with Gasteiger partial charge in [-0.25, -0.2) is 9.97 Å². The number of para-hydroxylation sites is 4. The molecular formula is C86H49F12N5. The predicted molar refractivity (Wildman–Crippen MR) is 383 cm³/mol. The molecule has 103 heavy (non-hydrogen) atoms. The van der Waals surface area contributed by atoms with Gasteiger partial charge in [0.25, 0.3) is 0 Å². The molecule has 17 heteroatoms. The molecule has 5 nitrogen and oxygen atoms in total. The van der Waals surface area contributed by atoms with Gasteiger partial charge in [0.05, 0.1) is 72.4 Å². The van der Waals surface area contributed by atoms with E-state index < -0.39 is 58.1 Å². The normalized spacial score (nSPS) is 12.5. The van der Waals surface area contributed by atoms with Crippen molar-refractivity contribution in [2.24, 2.45) is 0 Å². The van der Waals surface area contributed by atoms with Crippen molar-refractivity contribution in [2.45, 2.75) is 24.7 Å². The van der Waals surface area contributed by atoms with Crippen molar-refractivity contribution in [2.75, 3.05) is 0 Å². The van der Waals surface area contributed by atoms with E-state index in [9.17, 15) is 26.3 Å². The van der Waals surface area contributed by atoms with Crippen LogP contribution in [0.1, 0.15) is 22.3 Å². The van der Waals surface area contributed by atoms with Gasteiger partial charge in [-0.1, -0.05) is 182 Å². The fourth-order valence-electron chi connectivity index (χ4n) is 14.5. The van der Waals surface area contributed by atoms with Gasteiger partial charge in [-0.3, -0.25) is 0 Å². The second-order valence-corrected chi connectivity index (χ2v) is 25.3. The number of hydrogen-bond donors (Lipinski definition) is 0. The summed E-state index contributed by atoms with van der Waals surface area (Å²) in [7, 11) is 0. The highest BCUT2D eigenvalue weighted by Gasteiger charge is 2.41. The minimum absolute atomic E-state index is 0.0331. The second-order valence-electron chi connectivity index (χ2n) is 25.3. The highest BCUT2D eigenvalue weighted by atomic mass is 19.4. The van der Waals surface area contributed by atoms with Gasteiger partial charge in [0.2, 0.25) is 0 Å². The first-order valence-corrected chi connectivity index (χ1v) is 32.6. The quantitative estimate of drug-likeness (QED) is 0.128. The van der Waals surface area contributed by atoms with Crippen molar-refractivity contribution < 1.29 is 52.7 Å². The fourth-order valence-corrected chi connectivity index (χ4v) is 14.5. The molecule has 0 saturated carbocycles. The average molecular weight is 1380 g/mol. The smallest absolute Gasteiger partial charge is 0.309 e. The molecule has 0 aliphatic rings. The van der Waals surface area contributed by atoms with Gasteiger partial charge in [-0.2, -0.15) is 52.7 Å². The zero-order valence-electron chi connectivity index (χ0n) is 53.6. The fraction of sp³-hybridized carbons (Fsp3) is 0.0465. The number of aromatic nitrogens is 5. The molecule has 17 aromatic rings. The summed E-state index contributed by atoms with van der Waals surface area (Å²) >= 11 is 0. The van der Waals surface area contributed by atoms with Gasteiger partial charge >= 0.3 is 24.7 Å². The number of benzene rings is 13. The molecule has 0 aliphatic carbocycles. The predicted octanol–water partition coefficient (Wildman–Crippen LogP) is 25.5. The Balaban J connectivity index is 0.992. The van der Waals surface area contributed by atoms with Gasteiger partial charge in [0.15, 0.2) is 5.82 Å². The molecule has 0 radical (unpaired) electrons. The Hall–Kier alpha value is -12.5. The number of rotatable bonds is 10. The number of hydrogen-bond acceptors (Lipinski definition) is 2. The summed E-state index contributed by atoms with van der Waals surface area (Å²) in [6, 6.07) is 84.0. The van der Waals surface area contributed by atoms with Gasteiger partial charge in [0.1, 0.15) is 0 Å². The Bertz CT molecular complexity index is 5750. The van der Waals surface area contributed by atoms with Crippen LogP contribution in [0.3, 0.4) is 0 Å². The van der Waals surface area contributed by atoms with Gasteiger partial charge < -0.3 is 13.7 Å².